The molecule has 0 saturated carbocycles. The van der Waals surface area contributed by atoms with E-state index in [2.05, 4.69) is 10.3 Å². The number of fused-ring (bicyclic) bond motifs is 1. The predicted octanol–water partition coefficient (Wildman–Crippen LogP) is 2.55. The first-order valence-corrected chi connectivity index (χ1v) is 12.5. The van der Waals surface area contributed by atoms with E-state index in [0.717, 1.165) is 17.1 Å². The van der Waals surface area contributed by atoms with Gasteiger partial charge in [-0.25, -0.2) is 13.4 Å². The molecule has 0 spiro atoms. The minimum atomic E-state index is -3.55. The number of likely N-dealkylation sites (N-methyl/N-ethyl adjacent to an activating group) is 1. The smallest absolute Gasteiger partial charge is 0.243 e. The summed E-state index contributed by atoms with van der Waals surface area (Å²) in [6.07, 6.45) is 2.35. The van der Waals surface area contributed by atoms with Crippen molar-refractivity contribution in [2.24, 2.45) is 7.05 Å². The number of benzene rings is 1. The van der Waals surface area contributed by atoms with E-state index >= 15 is 0 Å². The van der Waals surface area contributed by atoms with Crippen molar-refractivity contribution >= 4 is 27.0 Å². The Balaban J connectivity index is 1.68. The molecule has 2 heterocycles. The molecule has 1 amide bonds. The largest absolute Gasteiger partial charge is 0.468 e. The fourth-order valence-electron chi connectivity index (χ4n) is 3.87. The van der Waals surface area contributed by atoms with Crippen LogP contribution in [0.15, 0.2) is 45.9 Å². The molecular formula is C23H33N5O4S. The number of amides is 1. The van der Waals surface area contributed by atoms with Gasteiger partial charge in [0.05, 0.1) is 28.2 Å². The van der Waals surface area contributed by atoms with Crippen molar-refractivity contribution in [3.05, 3.63) is 48.2 Å². The van der Waals surface area contributed by atoms with Crippen LogP contribution >= 0.6 is 0 Å². The summed E-state index contributed by atoms with van der Waals surface area (Å²) < 4.78 is 34.5. The lowest BCUT2D eigenvalue weighted by Crippen LogP contribution is -2.34. The summed E-state index contributed by atoms with van der Waals surface area (Å²) in [7, 11) is 2.20. The molecule has 10 heteroatoms. The first-order chi connectivity index (χ1) is 15.7. The summed E-state index contributed by atoms with van der Waals surface area (Å²) in [4.78, 5) is 19.3. The number of rotatable bonds is 11. The van der Waals surface area contributed by atoms with E-state index in [9.17, 15) is 13.2 Å². The minimum Gasteiger partial charge on any atom is -0.468 e. The average Bonchev–Trinajstić information content (AvgIpc) is 3.41. The van der Waals surface area contributed by atoms with E-state index < -0.39 is 10.0 Å². The number of nitrogens with zero attached hydrogens (tertiary/aromatic N) is 4. The number of hydrogen-bond donors (Lipinski definition) is 1. The average molecular weight is 476 g/mol. The molecule has 0 aliphatic heterocycles. The van der Waals surface area contributed by atoms with Crippen LogP contribution in [0.1, 0.15) is 37.9 Å². The molecule has 1 atom stereocenters. The molecule has 0 aliphatic carbocycles. The highest BCUT2D eigenvalue weighted by Gasteiger charge is 2.23. The first-order valence-electron chi connectivity index (χ1n) is 11.1. The minimum absolute atomic E-state index is 0.0501. The van der Waals surface area contributed by atoms with Gasteiger partial charge in [-0.2, -0.15) is 4.31 Å². The van der Waals surface area contributed by atoms with E-state index in [0.29, 0.717) is 31.6 Å². The van der Waals surface area contributed by atoms with E-state index in [1.54, 1.807) is 24.5 Å². The number of aryl methyl sites for hydroxylation is 2. The van der Waals surface area contributed by atoms with Crippen LogP contribution in [0.2, 0.25) is 0 Å². The van der Waals surface area contributed by atoms with Gasteiger partial charge < -0.3 is 14.3 Å². The molecule has 0 bridgehead atoms. The molecule has 0 saturated heterocycles. The fraction of sp³-hybridized carbons (Fsp3) is 0.478. The third-order valence-corrected chi connectivity index (χ3v) is 7.90. The Bertz CT molecular complexity index is 1180. The fourth-order valence-corrected chi connectivity index (χ4v) is 5.35. The van der Waals surface area contributed by atoms with Crippen LogP contribution in [-0.2, 0) is 28.3 Å². The predicted molar refractivity (Wildman–Crippen MR) is 127 cm³/mol. The highest BCUT2D eigenvalue weighted by atomic mass is 32.2. The van der Waals surface area contributed by atoms with E-state index in [1.165, 1.54) is 4.31 Å². The van der Waals surface area contributed by atoms with E-state index in [4.69, 9.17) is 4.42 Å². The zero-order valence-electron chi connectivity index (χ0n) is 19.9. The van der Waals surface area contributed by atoms with Gasteiger partial charge in [0.25, 0.3) is 0 Å². The molecule has 1 N–H and O–H groups in total. The van der Waals surface area contributed by atoms with Crippen LogP contribution in [0.5, 0.6) is 0 Å². The number of carbonyl (C=O) groups is 1. The Morgan fingerprint density at radius 2 is 1.94 bits per heavy atom. The Hall–Kier alpha value is -2.69. The zero-order chi connectivity index (χ0) is 24.2. The zero-order valence-corrected chi connectivity index (χ0v) is 20.7. The van der Waals surface area contributed by atoms with Crippen LogP contribution in [0.3, 0.4) is 0 Å². The SMILES string of the molecule is CCN(CC)S(=O)(=O)c1ccc2c(c1)nc(CCC(=O)NCC(c1ccco1)N(C)C)n2C. The molecule has 2 aromatic heterocycles. The number of hydrogen-bond acceptors (Lipinski definition) is 6. The van der Waals surface area contributed by atoms with Crippen LogP contribution < -0.4 is 5.32 Å². The molecule has 9 nitrogen and oxygen atoms in total. The van der Waals surface area contributed by atoms with Gasteiger partial charge in [0.2, 0.25) is 15.9 Å². The number of imidazole rings is 1. The number of furan rings is 1. The lowest BCUT2D eigenvalue weighted by molar-refractivity contribution is -0.121. The molecule has 0 radical (unpaired) electrons. The van der Waals surface area contributed by atoms with Crippen LogP contribution in [0, 0.1) is 0 Å². The third-order valence-electron chi connectivity index (χ3n) is 5.85. The topological polar surface area (TPSA) is 101 Å². The second-order valence-electron chi connectivity index (χ2n) is 8.13. The molecule has 0 fully saturated rings. The summed E-state index contributed by atoms with van der Waals surface area (Å²) >= 11 is 0. The van der Waals surface area contributed by atoms with Crippen molar-refractivity contribution in [1.82, 2.24) is 24.1 Å². The van der Waals surface area contributed by atoms with Crippen molar-refractivity contribution in [3.63, 3.8) is 0 Å². The number of aromatic nitrogens is 2. The van der Waals surface area contributed by atoms with Gasteiger partial charge in [-0.1, -0.05) is 13.8 Å². The maximum absolute atomic E-state index is 12.8. The van der Waals surface area contributed by atoms with Crippen molar-refractivity contribution in [2.45, 2.75) is 37.6 Å². The monoisotopic (exact) mass is 475 g/mol. The highest BCUT2D eigenvalue weighted by Crippen LogP contribution is 2.23. The van der Waals surface area contributed by atoms with Crippen molar-refractivity contribution in [3.8, 4) is 0 Å². The Kier molecular flexibility index (Phi) is 7.93. The first kappa shape index (κ1) is 24.9. The maximum Gasteiger partial charge on any atom is 0.243 e. The lowest BCUT2D eigenvalue weighted by Gasteiger charge is -2.22. The van der Waals surface area contributed by atoms with Gasteiger partial charge in [-0.05, 0) is 44.4 Å². The van der Waals surface area contributed by atoms with Gasteiger partial charge in [0, 0.05) is 39.5 Å². The molecular weight excluding hydrogens is 442 g/mol. The van der Waals surface area contributed by atoms with Crippen molar-refractivity contribution in [2.75, 3.05) is 33.7 Å². The second-order valence-corrected chi connectivity index (χ2v) is 10.1. The molecule has 180 valence electrons. The molecule has 3 aromatic rings. The Morgan fingerprint density at radius 1 is 1.21 bits per heavy atom. The normalized spacial score (nSPS) is 13.2. The molecule has 1 unspecified atom stereocenters. The molecule has 1 aromatic carbocycles. The summed E-state index contributed by atoms with van der Waals surface area (Å²) in [5, 5.41) is 2.97. The standard InChI is InChI=1S/C23H33N5O4S/c1-6-28(7-2)33(30,31)17-10-11-19-18(15-17)25-22(27(19)5)12-13-23(29)24-16-20(26(3)4)21-9-8-14-32-21/h8-11,14-15,20H,6-7,12-13,16H2,1-5H3,(H,24,29). The van der Waals surface area contributed by atoms with Gasteiger partial charge in [0.15, 0.2) is 0 Å². The third kappa shape index (κ3) is 5.45. The molecule has 3 rings (SSSR count). The number of carbonyl (C=O) groups excluding carboxylic acids is 1. The molecule has 0 aliphatic rings. The molecule has 33 heavy (non-hydrogen) atoms. The summed E-state index contributed by atoms with van der Waals surface area (Å²) in [6, 6.07) is 8.67. The quantitative estimate of drug-likeness (QED) is 0.457. The Labute approximate surface area is 195 Å². The highest BCUT2D eigenvalue weighted by molar-refractivity contribution is 7.89. The van der Waals surface area contributed by atoms with Gasteiger partial charge in [0.1, 0.15) is 11.6 Å². The van der Waals surface area contributed by atoms with Crippen LogP contribution in [-0.4, -0.2) is 66.8 Å². The van der Waals surface area contributed by atoms with Gasteiger partial charge in [-0.3, -0.25) is 9.69 Å². The van der Waals surface area contributed by atoms with E-state index in [1.807, 2.05) is 56.6 Å². The maximum atomic E-state index is 12.8. The second kappa shape index (κ2) is 10.5. The summed E-state index contributed by atoms with van der Waals surface area (Å²) in [5.41, 5.74) is 1.43. The van der Waals surface area contributed by atoms with Crippen LogP contribution in [0.25, 0.3) is 11.0 Å². The lowest BCUT2D eigenvalue weighted by atomic mass is 10.2. The number of nitrogens with one attached hydrogen (secondary N) is 1. The van der Waals surface area contributed by atoms with Crippen molar-refractivity contribution < 1.29 is 17.6 Å². The summed E-state index contributed by atoms with van der Waals surface area (Å²) in [6.45, 7) is 4.90. The van der Waals surface area contributed by atoms with E-state index in [-0.39, 0.29) is 23.3 Å². The van der Waals surface area contributed by atoms with Crippen LogP contribution in [0.4, 0.5) is 0 Å². The van der Waals surface area contributed by atoms with Gasteiger partial charge in [-0.15, -0.1) is 0 Å². The summed E-state index contributed by atoms with van der Waals surface area (Å²) in [5.74, 6) is 1.45. The van der Waals surface area contributed by atoms with Gasteiger partial charge >= 0.3 is 0 Å². The van der Waals surface area contributed by atoms with Crippen molar-refractivity contribution in [1.29, 1.82) is 0 Å². The Morgan fingerprint density at radius 3 is 2.55 bits per heavy atom. The number of sulfonamides is 1.